The lowest BCUT2D eigenvalue weighted by atomic mass is 10.1. The van der Waals surface area contributed by atoms with Crippen molar-refractivity contribution in [2.75, 3.05) is 13.7 Å². The zero-order valence-electron chi connectivity index (χ0n) is 9.99. The molecule has 94 valence electrons. The summed E-state index contributed by atoms with van der Waals surface area (Å²) in [6.07, 6.45) is 0. The van der Waals surface area contributed by atoms with E-state index in [1.807, 2.05) is 0 Å². The maximum absolute atomic E-state index is 13.3. The Labute approximate surface area is 99.0 Å². The minimum Gasteiger partial charge on any atom is -0.487 e. The van der Waals surface area contributed by atoms with Gasteiger partial charge in [0.1, 0.15) is 6.61 Å². The van der Waals surface area contributed by atoms with Crippen LogP contribution in [0, 0.1) is 12.7 Å². The van der Waals surface area contributed by atoms with Crippen molar-refractivity contribution >= 4 is 5.97 Å². The second-order valence-electron chi connectivity index (χ2n) is 3.99. The number of benzene rings is 1. The molecule has 0 aliphatic heterocycles. The van der Waals surface area contributed by atoms with E-state index in [2.05, 4.69) is 4.74 Å². The first-order valence-electron chi connectivity index (χ1n) is 5.06. The number of rotatable bonds is 4. The average Bonchev–Trinajstić information content (AvgIpc) is 2.29. The van der Waals surface area contributed by atoms with Crippen LogP contribution >= 0.6 is 0 Å². The van der Waals surface area contributed by atoms with Crippen molar-refractivity contribution in [1.29, 1.82) is 0 Å². The molecule has 0 aliphatic rings. The molecule has 5 heteroatoms. The topological polar surface area (TPSA) is 55.8 Å². The van der Waals surface area contributed by atoms with E-state index >= 15 is 0 Å². The van der Waals surface area contributed by atoms with Crippen LogP contribution in [0.4, 0.5) is 4.39 Å². The van der Waals surface area contributed by atoms with Crippen LogP contribution in [0.3, 0.4) is 0 Å². The number of aryl methyl sites for hydroxylation is 1. The van der Waals surface area contributed by atoms with Crippen molar-refractivity contribution in [1.82, 2.24) is 0 Å². The van der Waals surface area contributed by atoms with Crippen molar-refractivity contribution in [2.45, 2.75) is 19.4 Å². The standard InChI is InChI=1S/C12H15FO4/c1-8-4-5-9(13)10(6-8)17-7-12(2,15)11(14)16-3/h4-6,15H,7H2,1-3H3. The fourth-order valence-electron chi connectivity index (χ4n) is 1.22. The van der Waals surface area contributed by atoms with E-state index in [0.717, 1.165) is 12.7 Å². The summed E-state index contributed by atoms with van der Waals surface area (Å²) in [6, 6.07) is 4.35. The highest BCUT2D eigenvalue weighted by molar-refractivity contribution is 5.78. The van der Waals surface area contributed by atoms with E-state index in [0.29, 0.717) is 0 Å². The number of carbonyl (C=O) groups excluding carboxylic acids is 1. The van der Waals surface area contributed by atoms with Gasteiger partial charge in [-0.25, -0.2) is 9.18 Å². The summed E-state index contributed by atoms with van der Waals surface area (Å²) in [4.78, 5) is 11.2. The number of carbonyl (C=O) groups is 1. The van der Waals surface area contributed by atoms with Crippen LogP contribution in [0.5, 0.6) is 5.75 Å². The summed E-state index contributed by atoms with van der Waals surface area (Å²) in [5.41, 5.74) is -0.982. The van der Waals surface area contributed by atoms with Gasteiger partial charge in [0.05, 0.1) is 7.11 Å². The molecule has 1 atom stereocenters. The Hall–Kier alpha value is -1.62. The Balaban J connectivity index is 2.73. The first-order chi connectivity index (χ1) is 7.86. The molecule has 1 N–H and O–H groups in total. The summed E-state index contributed by atoms with van der Waals surface area (Å²) >= 11 is 0. The number of esters is 1. The Morgan fingerprint density at radius 2 is 2.18 bits per heavy atom. The molecule has 0 fully saturated rings. The highest BCUT2D eigenvalue weighted by Crippen LogP contribution is 2.20. The van der Waals surface area contributed by atoms with Crippen LogP contribution in [-0.4, -0.2) is 30.4 Å². The number of halogens is 1. The van der Waals surface area contributed by atoms with Gasteiger partial charge in [-0.05, 0) is 31.5 Å². The van der Waals surface area contributed by atoms with Crippen LogP contribution in [0.15, 0.2) is 18.2 Å². The van der Waals surface area contributed by atoms with Gasteiger partial charge in [0.2, 0.25) is 0 Å². The molecular weight excluding hydrogens is 227 g/mol. The fourth-order valence-corrected chi connectivity index (χ4v) is 1.22. The second-order valence-corrected chi connectivity index (χ2v) is 3.99. The van der Waals surface area contributed by atoms with Crippen molar-refractivity contribution in [2.24, 2.45) is 0 Å². The Morgan fingerprint density at radius 3 is 2.76 bits per heavy atom. The molecule has 0 aromatic heterocycles. The zero-order valence-corrected chi connectivity index (χ0v) is 9.99. The van der Waals surface area contributed by atoms with Gasteiger partial charge in [-0.3, -0.25) is 0 Å². The lowest BCUT2D eigenvalue weighted by molar-refractivity contribution is -0.163. The van der Waals surface area contributed by atoms with Crippen LogP contribution in [0.25, 0.3) is 0 Å². The van der Waals surface area contributed by atoms with E-state index in [1.165, 1.54) is 19.1 Å². The molecule has 0 heterocycles. The van der Waals surface area contributed by atoms with Crippen LogP contribution in [-0.2, 0) is 9.53 Å². The Morgan fingerprint density at radius 1 is 1.53 bits per heavy atom. The highest BCUT2D eigenvalue weighted by Gasteiger charge is 2.32. The highest BCUT2D eigenvalue weighted by atomic mass is 19.1. The Bertz CT molecular complexity index is 415. The lowest BCUT2D eigenvalue weighted by Crippen LogP contribution is -2.42. The number of ether oxygens (including phenoxy) is 2. The van der Waals surface area contributed by atoms with Crippen LogP contribution in [0.1, 0.15) is 12.5 Å². The molecule has 0 radical (unpaired) electrons. The average molecular weight is 242 g/mol. The third-order valence-corrected chi connectivity index (χ3v) is 2.22. The molecule has 1 unspecified atom stereocenters. The molecule has 0 bridgehead atoms. The molecule has 17 heavy (non-hydrogen) atoms. The Kier molecular flexibility index (Phi) is 4.07. The van der Waals surface area contributed by atoms with Crippen molar-refractivity contribution in [3.05, 3.63) is 29.6 Å². The summed E-state index contributed by atoms with van der Waals surface area (Å²) in [6.45, 7) is 2.65. The fraction of sp³-hybridized carbons (Fsp3) is 0.417. The van der Waals surface area contributed by atoms with Crippen molar-refractivity contribution in [3.8, 4) is 5.75 Å². The van der Waals surface area contributed by atoms with Gasteiger partial charge in [0.15, 0.2) is 17.2 Å². The predicted octanol–water partition coefficient (Wildman–Crippen LogP) is 1.44. The molecule has 0 saturated heterocycles. The smallest absolute Gasteiger partial charge is 0.341 e. The van der Waals surface area contributed by atoms with Gasteiger partial charge in [-0.2, -0.15) is 0 Å². The predicted molar refractivity (Wildman–Crippen MR) is 59.3 cm³/mol. The van der Waals surface area contributed by atoms with Gasteiger partial charge >= 0.3 is 5.97 Å². The second kappa shape index (κ2) is 5.14. The lowest BCUT2D eigenvalue weighted by Gasteiger charge is -2.20. The van der Waals surface area contributed by atoms with Crippen molar-refractivity contribution < 1.29 is 23.8 Å². The maximum Gasteiger partial charge on any atom is 0.341 e. The summed E-state index contributed by atoms with van der Waals surface area (Å²) < 4.78 is 22.8. The van der Waals surface area contributed by atoms with Gasteiger partial charge in [0, 0.05) is 0 Å². The number of hydrogen-bond donors (Lipinski definition) is 1. The van der Waals surface area contributed by atoms with Gasteiger partial charge in [0.25, 0.3) is 0 Å². The van der Waals surface area contributed by atoms with Gasteiger partial charge < -0.3 is 14.6 Å². The number of aliphatic hydroxyl groups is 1. The van der Waals surface area contributed by atoms with E-state index in [9.17, 15) is 14.3 Å². The molecule has 1 aromatic carbocycles. The number of hydrogen-bond acceptors (Lipinski definition) is 4. The number of methoxy groups -OCH3 is 1. The largest absolute Gasteiger partial charge is 0.487 e. The summed E-state index contributed by atoms with van der Waals surface area (Å²) in [5.74, 6) is -1.38. The minimum absolute atomic E-state index is 0.00539. The minimum atomic E-state index is -1.80. The zero-order chi connectivity index (χ0) is 13.1. The summed E-state index contributed by atoms with van der Waals surface area (Å²) in [5, 5.41) is 9.68. The van der Waals surface area contributed by atoms with Gasteiger partial charge in [-0.15, -0.1) is 0 Å². The maximum atomic E-state index is 13.3. The van der Waals surface area contributed by atoms with E-state index in [4.69, 9.17) is 4.74 Å². The first-order valence-corrected chi connectivity index (χ1v) is 5.06. The van der Waals surface area contributed by atoms with Crippen LogP contribution < -0.4 is 4.74 Å². The molecule has 4 nitrogen and oxygen atoms in total. The quantitative estimate of drug-likeness (QED) is 0.812. The molecule has 0 amide bonds. The first kappa shape index (κ1) is 13.4. The van der Waals surface area contributed by atoms with E-state index in [1.54, 1.807) is 13.0 Å². The molecule has 1 aromatic rings. The van der Waals surface area contributed by atoms with Crippen molar-refractivity contribution in [3.63, 3.8) is 0 Å². The van der Waals surface area contributed by atoms with Gasteiger partial charge in [-0.1, -0.05) is 6.07 Å². The normalized spacial score (nSPS) is 13.9. The third kappa shape index (κ3) is 3.42. The third-order valence-electron chi connectivity index (χ3n) is 2.22. The van der Waals surface area contributed by atoms with E-state index in [-0.39, 0.29) is 12.4 Å². The van der Waals surface area contributed by atoms with E-state index < -0.39 is 17.4 Å². The van der Waals surface area contributed by atoms with Crippen LogP contribution in [0.2, 0.25) is 0 Å². The molecule has 0 spiro atoms. The molecular formula is C12H15FO4. The monoisotopic (exact) mass is 242 g/mol. The SMILES string of the molecule is COC(=O)C(C)(O)COc1cc(C)ccc1F. The summed E-state index contributed by atoms with van der Waals surface area (Å²) in [7, 11) is 1.16. The molecule has 1 rings (SSSR count). The molecule has 0 aliphatic carbocycles. The molecule has 0 saturated carbocycles.